The van der Waals surface area contributed by atoms with E-state index in [2.05, 4.69) is 14.9 Å². The number of aromatic nitrogens is 2. The van der Waals surface area contributed by atoms with E-state index in [9.17, 15) is 13.2 Å². The van der Waals surface area contributed by atoms with E-state index in [1.54, 1.807) is 11.8 Å². The molecule has 0 saturated carbocycles. The predicted molar refractivity (Wildman–Crippen MR) is 103 cm³/mol. The van der Waals surface area contributed by atoms with Crippen LogP contribution < -0.4 is 9.80 Å². The lowest BCUT2D eigenvalue weighted by atomic mass is 10.2. The fourth-order valence-corrected chi connectivity index (χ4v) is 5.21. The van der Waals surface area contributed by atoms with Crippen LogP contribution in [0.1, 0.15) is 19.0 Å². The zero-order valence-electron chi connectivity index (χ0n) is 16.1. The summed E-state index contributed by atoms with van der Waals surface area (Å²) < 4.78 is 28.6. The summed E-state index contributed by atoms with van der Waals surface area (Å²) in [6.45, 7) is 6.55. The van der Waals surface area contributed by atoms with Crippen LogP contribution in [0.5, 0.6) is 0 Å². The van der Waals surface area contributed by atoms with Gasteiger partial charge in [0, 0.05) is 51.0 Å². The number of hydrogen-bond donors (Lipinski definition) is 0. The van der Waals surface area contributed by atoms with E-state index in [1.807, 2.05) is 24.9 Å². The van der Waals surface area contributed by atoms with Crippen LogP contribution >= 0.6 is 0 Å². The summed E-state index contributed by atoms with van der Waals surface area (Å²) in [5.41, 5.74) is 0.829. The number of aryl methyl sites for hydroxylation is 1. The molecule has 1 amide bonds. The third-order valence-electron chi connectivity index (χ3n) is 5.03. The van der Waals surface area contributed by atoms with Crippen molar-refractivity contribution in [1.82, 2.24) is 14.9 Å². The van der Waals surface area contributed by atoms with E-state index >= 15 is 0 Å². The third-order valence-corrected chi connectivity index (χ3v) is 6.78. The van der Waals surface area contributed by atoms with Crippen molar-refractivity contribution in [3.63, 3.8) is 0 Å². The van der Waals surface area contributed by atoms with Crippen LogP contribution in [-0.2, 0) is 14.6 Å². The lowest BCUT2D eigenvalue weighted by molar-refractivity contribution is 0.105. The largest absolute Gasteiger partial charge is 0.450 e. The van der Waals surface area contributed by atoms with E-state index in [4.69, 9.17) is 4.74 Å². The monoisotopic (exact) mass is 397 g/mol. The molecule has 1 aromatic rings. The van der Waals surface area contributed by atoms with Gasteiger partial charge >= 0.3 is 6.09 Å². The molecule has 3 heterocycles. The zero-order valence-corrected chi connectivity index (χ0v) is 16.9. The van der Waals surface area contributed by atoms with Crippen molar-refractivity contribution >= 4 is 27.7 Å². The molecule has 0 N–H and O–H groups in total. The smallest absolute Gasteiger partial charge is 0.409 e. The predicted octanol–water partition coefficient (Wildman–Crippen LogP) is 0.687. The number of hydrogen-bond acceptors (Lipinski definition) is 8. The standard InChI is InChI=1S/C17H27N5O4S/c1-4-26-17(23)22-8-6-21(7-9-22)15-11-13(2)18-16(19-15)20(3)14-5-10-27(24,25)12-14/h11,14H,4-10,12H2,1-3H3. The molecule has 9 nitrogen and oxygen atoms in total. The highest BCUT2D eigenvalue weighted by atomic mass is 32.2. The molecule has 2 saturated heterocycles. The molecule has 2 aliphatic rings. The summed E-state index contributed by atoms with van der Waals surface area (Å²) in [6, 6.07) is 1.83. The minimum atomic E-state index is -2.97. The van der Waals surface area contributed by atoms with Gasteiger partial charge in [0.1, 0.15) is 5.82 Å². The van der Waals surface area contributed by atoms with Gasteiger partial charge in [-0.2, -0.15) is 4.98 Å². The molecular formula is C17H27N5O4S. The molecule has 27 heavy (non-hydrogen) atoms. The van der Waals surface area contributed by atoms with E-state index in [1.165, 1.54) is 0 Å². The summed E-state index contributed by atoms with van der Waals surface area (Å²) in [5, 5.41) is 0. The highest BCUT2D eigenvalue weighted by Gasteiger charge is 2.32. The maximum atomic E-state index is 11.8. The van der Waals surface area contributed by atoms with E-state index in [0.717, 1.165) is 11.5 Å². The number of anilines is 2. The average molecular weight is 398 g/mol. The molecule has 1 unspecified atom stereocenters. The minimum absolute atomic E-state index is 0.0923. The van der Waals surface area contributed by atoms with Crippen LogP contribution in [0.15, 0.2) is 6.07 Å². The Labute approximate surface area is 160 Å². The van der Waals surface area contributed by atoms with Gasteiger partial charge in [0.05, 0.1) is 18.1 Å². The summed E-state index contributed by atoms with van der Waals surface area (Å²) >= 11 is 0. The summed E-state index contributed by atoms with van der Waals surface area (Å²) in [6.07, 6.45) is 0.322. The SMILES string of the molecule is CCOC(=O)N1CCN(c2cc(C)nc(N(C)C3CCS(=O)(=O)C3)n2)CC1. The molecule has 0 bridgehead atoms. The number of carbonyl (C=O) groups is 1. The number of amides is 1. The molecule has 0 spiro atoms. The number of nitrogens with zero attached hydrogens (tertiary/aromatic N) is 5. The molecular weight excluding hydrogens is 370 g/mol. The van der Waals surface area contributed by atoms with Crippen molar-refractivity contribution in [1.29, 1.82) is 0 Å². The Hall–Kier alpha value is -2.10. The number of carbonyl (C=O) groups excluding carboxylic acids is 1. The number of rotatable bonds is 4. The van der Waals surface area contributed by atoms with Crippen LogP contribution in [0.2, 0.25) is 0 Å². The van der Waals surface area contributed by atoms with Crippen LogP contribution in [0.4, 0.5) is 16.6 Å². The first-order valence-corrected chi connectivity index (χ1v) is 11.1. The van der Waals surface area contributed by atoms with Gasteiger partial charge in [-0.15, -0.1) is 0 Å². The second-order valence-electron chi connectivity index (χ2n) is 7.01. The number of ether oxygens (including phenoxy) is 1. The lowest BCUT2D eigenvalue weighted by Gasteiger charge is -2.35. The molecule has 0 aromatic carbocycles. The van der Waals surface area contributed by atoms with Crippen molar-refractivity contribution in [3.05, 3.63) is 11.8 Å². The normalized spacial score (nSPS) is 22.0. The maximum Gasteiger partial charge on any atom is 0.409 e. The van der Waals surface area contributed by atoms with Crippen LogP contribution in [-0.4, -0.2) is 86.8 Å². The molecule has 10 heteroatoms. The molecule has 150 valence electrons. The van der Waals surface area contributed by atoms with E-state index < -0.39 is 9.84 Å². The molecule has 0 radical (unpaired) electrons. The summed E-state index contributed by atoms with van der Waals surface area (Å²) in [5.74, 6) is 1.71. The first kappa shape index (κ1) is 19.7. The second kappa shape index (κ2) is 7.87. The van der Waals surface area contributed by atoms with Crippen molar-refractivity contribution in [2.45, 2.75) is 26.3 Å². The van der Waals surface area contributed by atoms with Crippen molar-refractivity contribution in [2.24, 2.45) is 0 Å². The van der Waals surface area contributed by atoms with Gasteiger partial charge in [-0.25, -0.2) is 18.2 Å². The first-order valence-electron chi connectivity index (χ1n) is 9.24. The quantitative estimate of drug-likeness (QED) is 0.732. The third kappa shape index (κ3) is 4.60. The van der Waals surface area contributed by atoms with Gasteiger partial charge < -0.3 is 19.4 Å². The van der Waals surface area contributed by atoms with Crippen LogP contribution in [0, 0.1) is 6.92 Å². The Morgan fingerprint density at radius 2 is 2.00 bits per heavy atom. The highest BCUT2D eigenvalue weighted by Crippen LogP contribution is 2.23. The lowest BCUT2D eigenvalue weighted by Crippen LogP contribution is -2.49. The van der Waals surface area contributed by atoms with E-state index in [0.29, 0.717) is 45.2 Å². The summed E-state index contributed by atoms with van der Waals surface area (Å²) in [4.78, 5) is 26.7. The molecule has 2 aliphatic heterocycles. The minimum Gasteiger partial charge on any atom is -0.450 e. The second-order valence-corrected chi connectivity index (χ2v) is 9.24. The maximum absolute atomic E-state index is 11.8. The molecule has 0 aliphatic carbocycles. The van der Waals surface area contributed by atoms with Gasteiger partial charge in [-0.1, -0.05) is 0 Å². The van der Waals surface area contributed by atoms with Crippen molar-refractivity contribution in [3.8, 4) is 0 Å². The van der Waals surface area contributed by atoms with Gasteiger partial charge in [0.15, 0.2) is 9.84 Å². The molecule has 2 fully saturated rings. The van der Waals surface area contributed by atoms with Crippen molar-refractivity contribution < 1.29 is 17.9 Å². The highest BCUT2D eigenvalue weighted by molar-refractivity contribution is 7.91. The van der Waals surface area contributed by atoms with Crippen molar-refractivity contribution in [2.75, 3.05) is 61.1 Å². The van der Waals surface area contributed by atoms with E-state index in [-0.39, 0.29) is 23.6 Å². The van der Waals surface area contributed by atoms with Gasteiger partial charge in [-0.3, -0.25) is 0 Å². The van der Waals surface area contributed by atoms with Gasteiger partial charge in [0.25, 0.3) is 0 Å². The molecule has 1 aromatic heterocycles. The van der Waals surface area contributed by atoms with Gasteiger partial charge in [-0.05, 0) is 20.3 Å². The molecule has 1 atom stereocenters. The Morgan fingerprint density at radius 1 is 1.30 bits per heavy atom. The summed E-state index contributed by atoms with van der Waals surface area (Å²) in [7, 11) is -1.12. The first-order chi connectivity index (χ1) is 12.8. The fourth-order valence-electron chi connectivity index (χ4n) is 3.43. The number of sulfone groups is 1. The van der Waals surface area contributed by atoms with Crippen LogP contribution in [0.3, 0.4) is 0 Å². The fraction of sp³-hybridized carbons (Fsp3) is 0.706. The zero-order chi connectivity index (χ0) is 19.6. The van der Waals surface area contributed by atoms with Crippen LogP contribution in [0.25, 0.3) is 0 Å². The van der Waals surface area contributed by atoms with Gasteiger partial charge in [0.2, 0.25) is 5.95 Å². The Balaban J connectivity index is 1.70. The average Bonchev–Trinajstić information content (AvgIpc) is 3.00. The number of piperazine rings is 1. The molecule has 3 rings (SSSR count). The Morgan fingerprint density at radius 3 is 2.59 bits per heavy atom. The Kier molecular flexibility index (Phi) is 5.73. The topological polar surface area (TPSA) is 95.9 Å². The Bertz CT molecular complexity index is 793.